The Bertz CT molecular complexity index is 516. The molecule has 0 aromatic heterocycles. The maximum Gasteiger partial charge on any atom is 0.405 e. The number of rotatable bonds is 5. The molecule has 9 heteroatoms. The van der Waals surface area contributed by atoms with Gasteiger partial charge in [-0.25, -0.2) is 9.18 Å². The predicted octanol–water partition coefficient (Wildman–Crippen LogP) is 1.58. The van der Waals surface area contributed by atoms with E-state index >= 15 is 0 Å². The van der Waals surface area contributed by atoms with Crippen LogP contribution in [0.4, 0.5) is 17.6 Å². The minimum atomic E-state index is -4.55. The number of carboxylic acid groups (broad SMARTS) is 1. The number of hydrogen-bond donors (Lipinski definition) is 2. The number of halogens is 4. The van der Waals surface area contributed by atoms with Gasteiger partial charge in [0.05, 0.1) is 5.56 Å². The molecular weight excluding hydrogens is 286 g/mol. The van der Waals surface area contributed by atoms with E-state index in [2.05, 4.69) is 4.74 Å². The highest BCUT2D eigenvalue weighted by Crippen LogP contribution is 2.18. The molecule has 0 aliphatic carbocycles. The molecule has 1 aromatic rings. The van der Waals surface area contributed by atoms with E-state index in [1.165, 1.54) is 5.32 Å². The van der Waals surface area contributed by atoms with Crippen molar-refractivity contribution >= 4 is 11.9 Å². The van der Waals surface area contributed by atoms with Crippen LogP contribution in [0.2, 0.25) is 0 Å². The summed E-state index contributed by atoms with van der Waals surface area (Å²) < 4.78 is 53.4. The Labute approximate surface area is 110 Å². The van der Waals surface area contributed by atoms with Crippen molar-refractivity contribution in [1.82, 2.24) is 5.32 Å². The lowest BCUT2D eigenvalue weighted by Crippen LogP contribution is -2.36. The Morgan fingerprint density at radius 3 is 2.45 bits per heavy atom. The molecule has 0 saturated carbocycles. The first-order chi connectivity index (χ1) is 9.19. The summed E-state index contributed by atoms with van der Waals surface area (Å²) in [5, 5.41) is 10.1. The van der Waals surface area contributed by atoms with Crippen LogP contribution in [-0.2, 0) is 4.79 Å². The molecule has 2 N–H and O–H groups in total. The SMILES string of the molecule is O=C(COc1ccc(C(=O)O)cc1F)NCC(F)(F)F. The van der Waals surface area contributed by atoms with E-state index in [1.807, 2.05) is 0 Å². The highest BCUT2D eigenvalue weighted by atomic mass is 19.4. The number of carbonyl (C=O) groups is 2. The summed E-state index contributed by atoms with van der Waals surface area (Å²) in [5.41, 5.74) is -0.323. The zero-order valence-corrected chi connectivity index (χ0v) is 9.83. The van der Waals surface area contributed by atoms with Crippen LogP contribution in [0.1, 0.15) is 10.4 Å². The van der Waals surface area contributed by atoms with Gasteiger partial charge in [0.1, 0.15) is 6.54 Å². The van der Waals surface area contributed by atoms with Crippen LogP contribution in [0.15, 0.2) is 18.2 Å². The summed E-state index contributed by atoms with van der Waals surface area (Å²) in [7, 11) is 0. The third-order valence-electron chi connectivity index (χ3n) is 2.02. The molecule has 1 amide bonds. The van der Waals surface area contributed by atoms with Crippen molar-refractivity contribution in [3.05, 3.63) is 29.6 Å². The molecule has 0 aliphatic rings. The number of nitrogens with one attached hydrogen (secondary N) is 1. The van der Waals surface area contributed by atoms with Crippen molar-refractivity contribution in [2.24, 2.45) is 0 Å². The normalized spacial score (nSPS) is 11.0. The van der Waals surface area contributed by atoms with Gasteiger partial charge in [0, 0.05) is 0 Å². The summed E-state index contributed by atoms with van der Waals surface area (Å²) in [6, 6.07) is 2.68. The van der Waals surface area contributed by atoms with Crippen LogP contribution >= 0.6 is 0 Å². The smallest absolute Gasteiger partial charge is 0.405 e. The van der Waals surface area contributed by atoms with Gasteiger partial charge in [-0.2, -0.15) is 13.2 Å². The lowest BCUT2D eigenvalue weighted by molar-refractivity contribution is -0.139. The quantitative estimate of drug-likeness (QED) is 0.809. The maximum atomic E-state index is 13.3. The first-order valence-corrected chi connectivity index (χ1v) is 5.18. The van der Waals surface area contributed by atoms with Gasteiger partial charge in [-0.15, -0.1) is 0 Å². The molecule has 0 atom stereocenters. The fourth-order valence-electron chi connectivity index (χ4n) is 1.14. The van der Waals surface area contributed by atoms with Crippen LogP contribution in [0.3, 0.4) is 0 Å². The van der Waals surface area contributed by atoms with Crippen LogP contribution in [0.25, 0.3) is 0 Å². The number of alkyl halides is 3. The third kappa shape index (κ3) is 5.12. The van der Waals surface area contributed by atoms with Gasteiger partial charge in [-0.05, 0) is 18.2 Å². The Morgan fingerprint density at radius 1 is 1.30 bits per heavy atom. The van der Waals surface area contributed by atoms with E-state index in [9.17, 15) is 27.2 Å². The van der Waals surface area contributed by atoms with Crippen molar-refractivity contribution in [2.75, 3.05) is 13.2 Å². The number of aromatic carboxylic acids is 1. The van der Waals surface area contributed by atoms with Crippen LogP contribution in [-0.4, -0.2) is 36.3 Å². The Morgan fingerprint density at radius 2 is 1.95 bits per heavy atom. The second-order valence-corrected chi connectivity index (χ2v) is 3.63. The van der Waals surface area contributed by atoms with E-state index in [-0.39, 0.29) is 5.56 Å². The summed E-state index contributed by atoms with van der Waals surface area (Å²) >= 11 is 0. The van der Waals surface area contributed by atoms with Gasteiger partial charge in [-0.1, -0.05) is 0 Å². The number of amides is 1. The van der Waals surface area contributed by atoms with Crippen molar-refractivity contribution in [2.45, 2.75) is 6.18 Å². The Balaban J connectivity index is 2.54. The highest BCUT2D eigenvalue weighted by Gasteiger charge is 2.27. The minimum absolute atomic E-state index is 0.323. The number of ether oxygens (including phenoxy) is 1. The Kier molecular flexibility index (Phi) is 4.89. The molecule has 0 saturated heterocycles. The Hall–Kier alpha value is -2.32. The first kappa shape index (κ1) is 15.7. The van der Waals surface area contributed by atoms with Crippen LogP contribution in [0.5, 0.6) is 5.75 Å². The topological polar surface area (TPSA) is 75.6 Å². The monoisotopic (exact) mass is 295 g/mol. The van der Waals surface area contributed by atoms with Gasteiger partial charge < -0.3 is 15.2 Å². The molecule has 0 fully saturated rings. The van der Waals surface area contributed by atoms with E-state index in [1.54, 1.807) is 0 Å². The first-order valence-electron chi connectivity index (χ1n) is 5.18. The largest absolute Gasteiger partial charge is 0.481 e. The molecule has 0 aliphatic heterocycles. The van der Waals surface area contributed by atoms with E-state index < -0.39 is 42.8 Å². The maximum absolute atomic E-state index is 13.3. The van der Waals surface area contributed by atoms with E-state index in [0.717, 1.165) is 12.1 Å². The fourth-order valence-corrected chi connectivity index (χ4v) is 1.14. The van der Waals surface area contributed by atoms with Gasteiger partial charge in [0.25, 0.3) is 5.91 Å². The molecule has 20 heavy (non-hydrogen) atoms. The minimum Gasteiger partial charge on any atom is -0.481 e. The van der Waals surface area contributed by atoms with Gasteiger partial charge in [0.2, 0.25) is 0 Å². The van der Waals surface area contributed by atoms with E-state index in [0.29, 0.717) is 6.07 Å². The average molecular weight is 295 g/mol. The average Bonchev–Trinajstić information content (AvgIpc) is 2.33. The van der Waals surface area contributed by atoms with Crippen LogP contribution < -0.4 is 10.1 Å². The summed E-state index contributed by atoms with van der Waals surface area (Å²) in [6.45, 7) is -2.34. The molecule has 1 aromatic carbocycles. The zero-order valence-electron chi connectivity index (χ0n) is 9.83. The molecule has 0 bridgehead atoms. The van der Waals surface area contributed by atoms with E-state index in [4.69, 9.17) is 5.11 Å². The molecule has 0 radical (unpaired) electrons. The van der Waals surface area contributed by atoms with Gasteiger partial charge in [0.15, 0.2) is 18.2 Å². The molecule has 0 heterocycles. The second-order valence-electron chi connectivity index (χ2n) is 3.63. The predicted molar refractivity (Wildman–Crippen MR) is 57.9 cm³/mol. The highest BCUT2D eigenvalue weighted by molar-refractivity contribution is 5.87. The molecule has 0 unspecified atom stereocenters. The van der Waals surface area contributed by atoms with Crippen LogP contribution in [0, 0.1) is 5.82 Å². The lowest BCUT2D eigenvalue weighted by Gasteiger charge is -2.10. The molecular formula is C11H9F4NO4. The second kappa shape index (κ2) is 6.22. The van der Waals surface area contributed by atoms with Gasteiger partial charge in [-0.3, -0.25) is 4.79 Å². The van der Waals surface area contributed by atoms with Gasteiger partial charge >= 0.3 is 12.1 Å². The van der Waals surface area contributed by atoms with Crippen molar-refractivity contribution in [1.29, 1.82) is 0 Å². The summed E-state index contributed by atoms with van der Waals surface area (Å²) in [5.74, 6) is -3.90. The zero-order chi connectivity index (χ0) is 15.3. The summed E-state index contributed by atoms with van der Waals surface area (Å²) in [4.78, 5) is 21.5. The number of benzene rings is 1. The van der Waals surface area contributed by atoms with Crippen molar-refractivity contribution in [3.8, 4) is 5.75 Å². The number of carbonyl (C=O) groups excluding carboxylic acids is 1. The number of carboxylic acids is 1. The number of hydrogen-bond acceptors (Lipinski definition) is 3. The standard InChI is InChI=1S/C11H9F4NO4/c12-7-3-6(10(18)19)1-2-8(7)20-4-9(17)16-5-11(13,14)15/h1-3H,4-5H2,(H,16,17)(H,18,19). The van der Waals surface area contributed by atoms with Crippen molar-refractivity contribution < 1.29 is 37.0 Å². The molecule has 110 valence electrons. The lowest BCUT2D eigenvalue weighted by atomic mass is 10.2. The third-order valence-corrected chi connectivity index (χ3v) is 2.02. The van der Waals surface area contributed by atoms with Crippen molar-refractivity contribution in [3.63, 3.8) is 0 Å². The molecule has 1 rings (SSSR count). The molecule has 5 nitrogen and oxygen atoms in total. The fraction of sp³-hybridized carbons (Fsp3) is 0.273. The summed E-state index contributed by atoms with van der Waals surface area (Å²) in [6.07, 6.45) is -4.55. The molecule has 0 spiro atoms.